The van der Waals surface area contributed by atoms with E-state index in [1.165, 1.54) is 4.90 Å². The highest BCUT2D eigenvalue weighted by Gasteiger charge is 2.80. The van der Waals surface area contributed by atoms with Gasteiger partial charge in [-0.25, -0.2) is 0 Å². The van der Waals surface area contributed by atoms with Crippen molar-refractivity contribution in [2.24, 2.45) is 23.7 Å². The number of aliphatic hydroxyl groups excluding tert-OH is 1. The molecule has 0 aliphatic carbocycles. The summed E-state index contributed by atoms with van der Waals surface area (Å²) in [4.78, 5) is 43.2. The molecular weight excluding hydrogens is 446 g/mol. The lowest BCUT2D eigenvalue weighted by Gasteiger charge is -2.39. The van der Waals surface area contributed by atoms with Crippen LogP contribution in [0.4, 0.5) is 5.69 Å². The Morgan fingerprint density at radius 1 is 1.20 bits per heavy atom. The molecule has 8 heteroatoms. The van der Waals surface area contributed by atoms with Crippen molar-refractivity contribution in [1.82, 2.24) is 10.2 Å². The highest BCUT2D eigenvalue weighted by molar-refractivity contribution is 6.02. The normalized spacial score (nSPS) is 34.8. The van der Waals surface area contributed by atoms with E-state index in [-0.39, 0.29) is 36.2 Å². The van der Waals surface area contributed by atoms with Gasteiger partial charge in [-0.15, -0.1) is 0 Å². The van der Waals surface area contributed by atoms with E-state index in [2.05, 4.69) is 10.6 Å². The van der Waals surface area contributed by atoms with Crippen molar-refractivity contribution < 1.29 is 24.2 Å². The first kappa shape index (κ1) is 25.6. The van der Waals surface area contributed by atoms with Crippen LogP contribution < -0.4 is 10.6 Å². The van der Waals surface area contributed by atoms with Gasteiger partial charge in [-0.05, 0) is 58.1 Å². The lowest BCUT2D eigenvalue weighted by atomic mass is 9.62. The Hall–Kier alpha value is -2.45. The predicted octanol–water partition coefficient (Wildman–Crippen LogP) is 2.57. The van der Waals surface area contributed by atoms with Gasteiger partial charge in [0, 0.05) is 11.2 Å². The lowest BCUT2D eigenvalue weighted by Crippen LogP contribution is -2.61. The number of carbonyl (C=O) groups excluding carboxylic acids is 3. The SMILES string of the molecule is CC(C)[C@H](CO)N1C(=O)[C@@H]2[C@H](C(=O)Nc3ccccc3)[C@@]3(C)OC2(CC3C)C1C(=O)NC(C)(C)C. The van der Waals surface area contributed by atoms with Gasteiger partial charge >= 0.3 is 0 Å². The Morgan fingerprint density at radius 2 is 1.83 bits per heavy atom. The van der Waals surface area contributed by atoms with E-state index < -0.39 is 40.7 Å². The molecule has 192 valence electrons. The number of hydrogen-bond acceptors (Lipinski definition) is 5. The van der Waals surface area contributed by atoms with Crippen LogP contribution in [-0.2, 0) is 19.1 Å². The van der Waals surface area contributed by atoms with Crippen LogP contribution in [0.3, 0.4) is 0 Å². The molecule has 0 radical (unpaired) electrons. The first-order valence-electron chi connectivity index (χ1n) is 12.6. The Labute approximate surface area is 207 Å². The van der Waals surface area contributed by atoms with E-state index in [0.29, 0.717) is 12.1 Å². The monoisotopic (exact) mass is 485 g/mol. The maximum Gasteiger partial charge on any atom is 0.246 e. The smallest absolute Gasteiger partial charge is 0.246 e. The number of likely N-dealkylation sites (tertiary alicyclic amines) is 1. The molecule has 0 aromatic heterocycles. The number of nitrogens with one attached hydrogen (secondary N) is 2. The maximum atomic E-state index is 14.1. The van der Waals surface area contributed by atoms with Gasteiger partial charge in [0.05, 0.1) is 30.1 Å². The number of nitrogens with zero attached hydrogens (tertiary/aromatic N) is 1. The number of anilines is 1. The van der Waals surface area contributed by atoms with Gasteiger partial charge < -0.3 is 25.4 Å². The highest BCUT2D eigenvalue weighted by Crippen LogP contribution is 2.65. The average Bonchev–Trinajstić information content (AvgIpc) is 3.25. The van der Waals surface area contributed by atoms with Crippen LogP contribution in [0, 0.1) is 23.7 Å². The second kappa shape index (κ2) is 8.59. The molecule has 7 atom stereocenters. The van der Waals surface area contributed by atoms with Crippen molar-refractivity contribution in [3.63, 3.8) is 0 Å². The number of benzene rings is 1. The summed E-state index contributed by atoms with van der Waals surface area (Å²) in [5.41, 5.74) is -1.91. The summed E-state index contributed by atoms with van der Waals surface area (Å²) in [5.74, 6) is -2.60. The molecule has 4 rings (SSSR count). The molecule has 3 aliphatic rings. The number of ether oxygens (including phenoxy) is 1. The third kappa shape index (κ3) is 3.95. The minimum atomic E-state index is -1.14. The van der Waals surface area contributed by atoms with Crippen LogP contribution in [0.25, 0.3) is 0 Å². The van der Waals surface area contributed by atoms with E-state index in [0.717, 1.165) is 0 Å². The van der Waals surface area contributed by atoms with E-state index in [9.17, 15) is 19.5 Å². The summed E-state index contributed by atoms with van der Waals surface area (Å²) in [7, 11) is 0. The predicted molar refractivity (Wildman–Crippen MR) is 132 cm³/mol. The molecule has 0 saturated carbocycles. The summed E-state index contributed by atoms with van der Waals surface area (Å²) >= 11 is 0. The fourth-order valence-electron chi connectivity index (χ4n) is 6.53. The van der Waals surface area contributed by atoms with Crippen molar-refractivity contribution in [2.75, 3.05) is 11.9 Å². The zero-order chi connectivity index (χ0) is 25.9. The largest absolute Gasteiger partial charge is 0.394 e. The summed E-state index contributed by atoms with van der Waals surface area (Å²) in [6.07, 6.45) is 0.490. The molecule has 3 amide bonds. The van der Waals surface area contributed by atoms with Crippen LogP contribution in [0.2, 0.25) is 0 Å². The van der Waals surface area contributed by atoms with Crippen LogP contribution in [0.15, 0.2) is 30.3 Å². The molecule has 3 N–H and O–H groups in total. The van der Waals surface area contributed by atoms with Gasteiger partial charge in [0.2, 0.25) is 17.7 Å². The standard InChI is InChI=1S/C27H39N3O5/c1-15(2)18(14-31)30-21(23(33)29-25(4,5)6)27-13-16(3)26(7,35-27)19(20(27)24(30)34)22(32)28-17-11-9-8-10-12-17/h8-12,15-16,18-21,31H,13-14H2,1-7H3,(H,28,32)(H,29,33)/t16?,18-,19+,20-,21?,26-,27?/m0/s1. The molecule has 3 unspecified atom stereocenters. The molecule has 1 spiro atoms. The van der Waals surface area contributed by atoms with Crippen LogP contribution in [0.5, 0.6) is 0 Å². The van der Waals surface area contributed by atoms with E-state index in [1.54, 1.807) is 12.1 Å². The molecule has 1 aromatic carbocycles. The molecule has 35 heavy (non-hydrogen) atoms. The number of rotatable bonds is 6. The van der Waals surface area contributed by atoms with Gasteiger partial charge in [-0.3, -0.25) is 14.4 Å². The fraction of sp³-hybridized carbons (Fsp3) is 0.667. The zero-order valence-electron chi connectivity index (χ0n) is 21.8. The summed E-state index contributed by atoms with van der Waals surface area (Å²) in [6.45, 7) is 13.1. The Bertz CT molecular complexity index is 1010. The number of amides is 3. The van der Waals surface area contributed by atoms with Crippen molar-refractivity contribution in [3.8, 4) is 0 Å². The first-order valence-corrected chi connectivity index (χ1v) is 12.6. The van der Waals surface area contributed by atoms with Gasteiger partial charge in [0.1, 0.15) is 11.6 Å². The number of fused-ring (bicyclic) bond motifs is 1. The minimum absolute atomic E-state index is 0.0467. The number of para-hydroxylation sites is 1. The number of aliphatic hydroxyl groups is 1. The van der Waals surface area contributed by atoms with Crippen molar-refractivity contribution in [1.29, 1.82) is 0 Å². The molecule has 1 aromatic rings. The van der Waals surface area contributed by atoms with Gasteiger partial charge in [-0.1, -0.05) is 39.0 Å². The van der Waals surface area contributed by atoms with Crippen molar-refractivity contribution >= 4 is 23.4 Å². The van der Waals surface area contributed by atoms with Crippen LogP contribution >= 0.6 is 0 Å². The number of hydrogen-bond donors (Lipinski definition) is 3. The van der Waals surface area contributed by atoms with Crippen LogP contribution in [0.1, 0.15) is 54.9 Å². The minimum Gasteiger partial charge on any atom is -0.394 e. The van der Waals surface area contributed by atoms with Gasteiger partial charge in [0.15, 0.2) is 0 Å². The highest BCUT2D eigenvalue weighted by atomic mass is 16.5. The maximum absolute atomic E-state index is 14.1. The second-order valence-corrected chi connectivity index (χ2v) is 12.0. The van der Waals surface area contributed by atoms with Gasteiger partial charge in [0.25, 0.3) is 0 Å². The fourth-order valence-corrected chi connectivity index (χ4v) is 6.53. The Kier molecular flexibility index (Phi) is 6.29. The van der Waals surface area contributed by atoms with Crippen molar-refractivity contribution in [2.45, 2.75) is 83.7 Å². The van der Waals surface area contributed by atoms with Gasteiger partial charge in [-0.2, -0.15) is 0 Å². The topological polar surface area (TPSA) is 108 Å². The summed E-state index contributed by atoms with van der Waals surface area (Å²) in [6, 6.07) is 7.64. The van der Waals surface area contributed by atoms with Crippen molar-refractivity contribution in [3.05, 3.63) is 30.3 Å². The zero-order valence-corrected chi connectivity index (χ0v) is 21.8. The third-order valence-corrected chi connectivity index (χ3v) is 8.14. The Morgan fingerprint density at radius 3 is 2.37 bits per heavy atom. The second-order valence-electron chi connectivity index (χ2n) is 12.0. The van der Waals surface area contributed by atoms with Crippen LogP contribution in [-0.4, -0.2) is 63.2 Å². The van der Waals surface area contributed by atoms with E-state index in [1.807, 2.05) is 66.7 Å². The first-order chi connectivity index (χ1) is 16.3. The molecular formula is C27H39N3O5. The molecule has 3 saturated heterocycles. The Balaban J connectivity index is 1.81. The molecule has 3 fully saturated rings. The third-order valence-electron chi connectivity index (χ3n) is 8.14. The molecule has 2 bridgehead atoms. The van der Waals surface area contributed by atoms with E-state index in [4.69, 9.17) is 4.74 Å². The van der Waals surface area contributed by atoms with E-state index >= 15 is 0 Å². The molecule has 8 nitrogen and oxygen atoms in total. The number of carbonyl (C=O) groups is 3. The average molecular weight is 486 g/mol. The summed E-state index contributed by atoms with van der Waals surface area (Å²) < 4.78 is 6.71. The summed E-state index contributed by atoms with van der Waals surface area (Å²) in [5, 5.41) is 16.3. The lowest BCUT2D eigenvalue weighted by molar-refractivity contribution is -0.151. The molecule has 3 aliphatic heterocycles. The molecule has 3 heterocycles. The quantitative estimate of drug-likeness (QED) is 0.574.